The first-order valence-electron chi connectivity index (χ1n) is 12.9. The Bertz CT molecular complexity index is 1050. The van der Waals surface area contributed by atoms with Gasteiger partial charge in [0.25, 0.3) is 0 Å². The van der Waals surface area contributed by atoms with Gasteiger partial charge in [-0.1, -0.05) is 61.2 Å². The maximum absolute atomic E-state index is 13.0. The van der Waals surface area contributed by atoms with Crippen LogP contribution in [0.25, 0.3) is 0 Å². The second kappa shape index (κ2) is 11.2. The summed E-state index contributed by atoms with van der Waals surface area (Å²) in [4.78, 5) is 44.0. The van der Waals surface area contributed by atoms with Crippen molar-refractivity contribution in [3.05, 3.63) is 47.6 Å². The number of piperidine rings is 1. The second-order valence-electron chi connectivity index (χ2n) is 10.0. The molecule has 0 unspecified atom stereocenters. The smallest absolute Gasteiger partial charge is 0.316 e. The van der Waals surface area contributed by atoms with Crippen molar-refractivity contribution in [2.45, 2.75) is 82.1 Å². The molecule has 0 spiro atoms. The largest absolute Gasteiger partial charge is 0.468 e. The minimum absolute atomic E-state index is 0.00711. The number of nitrogens with zero attached hydrogens (tertiary/aromatic N) is 3. The Kier molecular flexibility index (Phi) is 8.06. The molecule has 0 radical (unpaired) electrons. The van der Waals surface area contributed by atoms with Gasteiger partial charge in [-0.05, 0) is 31.2 Å². The van der Waals surface area contributed by atoms with E-state index in [1.165, 1.54) is 14.0 Å². The van der Waals surface area contributed by atoms with E-state index < -0.39 is 11.0 Å². The van der Waals surface area contributed by atoms with Crippen LogP contribution in [-0.4, -0.2) is 53.0 Å². The molecule has 1 aliphatic heterocycles. The highest BCUT2D eigenvalue weighted by atomic mass is 16.5. The van der Waals surface area contributed by atoms with Crippen LogP contribution in [0.15, 0.2) is 34.9 Å². The van der Waals surface area contributed by atoms with E-state index >= 15 is 0 Å². The molecular formula is C27H36N4O5. The molecule has 194 valence electrons. The molecule has 9 heteroatoms. The van der Waals surface area contributed by atoms with Crippen LogP contribution in [-0.2, 0) is 36.5 Å². The van der Waals surface area contributed by atoms with E-state index in [0.717, 1.165) is 44.1 Å². The van der Waals surface area contributed by atoms with Gasteiger partial charge in [0, 0.05) is 32.9 Å². The highest BCUT2D eigenvalue weighted by Gasteiger charge is 2.44. The minimum Gasteiger partial charge on any atom is -0.468 e. The Morgan fingerprint density at radius 2 is 1.69 bits per heavy atom. The zero-order valence-electron chi connectivity index (χ0n) is 21.3. The zero-order valence-corrected chi connectivity index (χ0v) is 21.3. The number of rotatable bonds is 7. The van der Waals surface area contributed by atoms with Crippen molar-refractivity contribution in [1.82, 2.24) is 20.4 Å². The number of nitrogens with one attached hydrogen (secondary N) is 1. The van der Waals surface area contributed by atoms with Crippen LogP contribution in [0.4, 0.5) is 0 Å². The van der Waals surface area contributed by atoms with Gasteiger partial charge < -0.3 is 19.5 Å². The summed E-state index contributed by atoms with van der Waals surface area (Å²) in [7, 11) is 1.41. The van der Waals surface area contributed by atoms with Gasteiger partial charge in [-0.25, -0.2) is 0 Å². The average molecular weight is 497 g/mol. The number of benzene rings is 1. The summed E-state index contributed by atoms with van der Waals surface area (Å²) in [6.07, 6.45) is 7.39. The standard InChI is InChI=1S/C27H36N4O5/c1-20(32)29-27(14-8-3-4-9-15-27)24-28-22(36-30-24)12-13-23(33)31-18-16-26(17-19-31,25(34)35-2)21-10-6-5-7-11-21/h5-7,10-11H,3-4,8-9,12-19H2,1-2H3,(H,29,32). The fourth-order valence-electron chi connectivity index (χ4n) is 5.70. The molecule has 1 saturated carbocycles. The van der Waals surface area contributed by atoms with Crippen molar-refractivity contribution >= 4 is 17.8 Å². The number of ether oxygens (including phenoxy) is 1. The van der Waals surface area contributed by atoms with E-state index in [4.69, 9.17) is 9.26 Å². The van der Waals surface area contributed by atoms with Gasteiger partial charge in [0.1, 0.15) is 5.54 Å². The van der Waals surface area contributed by atoms with E-state index in [0.29, 0.717) is 44.1 Å². The average Bonchev–Trinajstić information content (AvgIpc) is 3.26. The van der Waals surface area contributed by atoms with Gasteiger partial charge in [-0.3, -0.25) is 14.4 Å². The molecule has 1 aliphatic carbocycles. The van der Waals surface area contributed by atoms with Crippen molar-refractivity contribution < 1.29 is 23.6 Å². The van der Waals surface area contributed by atoms with Gasteiger partial charge in [0.15, 0.2) is 5.82 Å². The maximum atomic E-state index is 13.0. The van der Waals surface area contributed by atoms with Gasteiger partial charge >= 0.3 is 5.97 Å². The molecule has 2 heterocycles. The molecule has 9 nitrogen and oxygen atoms in total. The van der Waals surface area contributed by atoms with Crippen LogP contribution >= 0.6 is 0 Å². The number of aryl methyl sites for hydroxylation is 1. The molecule has 2 aromatic rings. The van der Waals surface area contributed by atoms with Gasteiger partial charge in [-0.2, -0.15) is 4.98 Å². The van der Waals surface area contributed by atoms with E-state index in [1.54, 1.807) is 4.90 Å². The summed E-state index contributed by atoms with van der Waals surface area (Å²) >= 11 is 0. The summed E-state index contributed by atoms with van der Waals surface area (Å²) in [6.45, 7) is 2.46. The van der Waals surface area contributed by atoms with Crippen LogP contribution in [0.1, 0.15) is 82.0 Å². The number of aromatic nitrogens is 2. The lowest BCUT2D eigenvalue weighted by atomic mass is 9.72. The first kappa shape index (κ1) is 25.9. The third kappa shape index (κ3) is 5.44. The van der Waals surface area contributed by atoms with Gasteiger partial charge in [0.05, 0.1) is 12.5 Å². The number of carbonyl (C=O) groups excluding carboxylic acids is 3. The Labute approximate surface area is 212 Å². The van der Waals surface area contributed by atoms with E-state index in [1.807, 2.05) is 30.3 Å². The molecule has 4 rings (SSSR count). The summed E-state index contributed by atoms with van der Waals surface area (Å²) in [6, 6.07) is 9.65. The molecule has 2 fully saturated rings. The number of methoxy groups -OCH3 is 1. The minimum atomic E-state index is -0.731. The number of carbonyl (C=O) groups is 3. The number of amides is 2. The van der Waals surface area contributed by atoms with Crippen LogP contribution < -0.4 is 5.32 Å². The Balaban J connectivity index is 1.37. The molecule has 1 N–H and O–H groups in total. The molecule has 36 heavy (non-hydrogen) atoms. The molecule has 2 amide bonds. The first-order valence-corrected chi connectivity index (χ1v) is 12.9. The summed E-state index contributed by atoms with van der Waals surface area (Å²) in [5.74, 6) is 0.531. The third-order valence-electron chi connectivity index (χ3n) is 7.69. The van der Waals surface area contributed by atoms with Crippen LogP contribution in [0.2, 0.25) is 0 Å². The molecule has 1 saturated heterocycles. The topological polar surface area (TPSA) is 115 Å². The highest BCUT2D eigenvalue weighted by molar-refractivity contribution is 5.84. The molecule has 2 aliphatic rings. The SMILES string of the molecule is COC(=O)C1(c2ccccc2)CCN(C(=O)CCc2nc(C3(NC(C)=O)CCCCCC3)no2)CC1. The first-order chi connectivity index (χ1) is 17.4. The van der Waals surface area contributed by atoms with Crippen LogP contribution in [0.5, 0.6) is 0 Å². The third-order valence-corrected chi connectivity index (χ3v) is 7.69. The number of hydrogen-bond donors (Lipinski definition) is 1. The molecule has 1 aromatic carbocycles. The summed E-state index contributed by atoms with van der Waals surface area (Å²) < 4.78 is 10.6. The lowest BCUT2D eigenvalue weighted by Gasteiger charge is -2.40. The summed E-state index contributed by atoms with van der Waals surface area (Å²) in [5, 5.41) is 7.28. The van der Waals surface area contributed by atoms with Gasteiger partial charge in [0.2, 0.25) is 17.7 Å². The lowest BCUT2D eigenvalue weighted by molar-refractivity contribution is -0.151. The number of likely N-dealkylation sites (tertiary alicyclic amines) is 1. The van der Waals surface area contributed by atoms with Gasteiger partial charge in [-0.15, -0.1) is 0 Å². The molecular weight excluding hydrogens is 460 g/mol. The zero-order chi connectivity index (χ0) is 25.6. The number of esters is 1. The maximum Gasteiger partial charge on any atom is 0.316 e. The lowest BCUT2D eigenvalue weighted by Crippen LogP contribution is -2.49. The van der Waals surface area contributed by atoms with Crippen molar-refractivity contribution in [2.24, 2.45) is 0 Å². The predicted molar refractivity (Wildman–Crippen MR) is 132 cm³/mol. The van der Waals surface area contributed by atoms with Crippen molar-refractivity contribution in [2.75, 3.05) is 20.2 Å². The van der Waals surface area contributed by atoms with Crippen LogP contribution in [0.3, 0.4) is 0 Å². The normalized spacial score (nSPS) is 19.2. The van der Waals surface area contributed by atoms with E-state index in [-0.39, 0.29) is 24.2 Å². The molecule has 1 aromatic heterocycles. The van der Waals surface area contributed by atoms with Crippen molar-refractivity contribution in [3.63, 3.8) is 0 Å². The Morgan fingerprint density at radius 1 is 1.03 bits per heavy atom. The fourth-order valence-corrected chi connectivity index (χ4v) is 5.70. The monoisotopic (exact) mass is 496 g/mol. The molecule has 0 bridgehead atoms. The van der Waals surface area contributed by atoms with Crippen molar-refractivity contribution in [1.29, 1.82) is 0 Å². The Hall–Kier alpha value is -3.23. The quantitative estimate of drug-likeness (QED) is 0.461. The number of hydrogen-bond acceptors (Lipinski definition) is 7. The van der Waals surface area contributed by atoms with Crippen LogP contribution in [0, 0.1) is 0 Å². The predicted octanol–water partition coefficient (Wildman–Crippen LogP) is 3.42. The van der Waals surface area contributed by atoms with E-state index in [2.05, 4.69) is 15.5 Å². The van der Waals surface area contributed by atoms with E-state index in [9.17, 15) is 14.4 Å². The molecule has 0 atom stereocenters. The summed E-state index contributed by atoms with van der Waals surface area (Å²) in [5.41, 5.74) is -0.408. The highest BCUT2D eigenvalue weighted by Crippen LogP contribution is 2.37. The fraction of sp³-hybridized carbons (Fsp3) is 0.593. The Morgan fingerprint density at radius 3 is 2.31 bits per heavy atom. The van der Waals surface area contributed by atoms with Crippen molar-refractivity contribution in [3.8, 4) is 0 Å². The second-order valence-corrected chi connectivity index (χ2v) is 10.0.